The van der Waals surface area contributed by atoms with Crippen molar-refractivity contribution < 1.29 is 0 Å². The van der Waals surface area contributed by atoms with Crippen LogP contribution in [0.1, 0.15) is 45.7 Å². The molecular weight excluding hydrogens is 324 g/mol. The lowest BCUT2D eigenvalue weighted by atomic mass is 9.99. The number of aryl methyl sites for hydroxylation is 1. The number of benzene rings is 1. The Hall–Kier alpha value is -2.05. The van der Waals surface area contributed by atoms with Crippen LogP contribution in [0.15, 0.2) is 88.0 Å². The maximum atomic E-state index is 6.54. The van der Waals surface area contributed by atoms with Gasteiger partial charge < -0.3 is 0 Å². The van der Waals surface area contributed by atoms with Crippen LogP contribution in [0.3, 0.4) is 0 Å². The van der Waals surface area contributed by atoms with Gasteiger partial charge in [0.1, 0.15) is 0 Å². The van der Waals surface area contributed by atoms with Crippen LogP contribution in [-0.2, 0) is 0 Å². The predicted octanol–water partition coefficient (Wildman–Crippen LogP) is 7.94. The van der Waals surface area contributed by atoms with Crippen LogP contribution in [0.4, 0.5) is 0 Å². The maximum absolute atomic E-state index is 6.54. The summed E-state index contributed by atoms with van der Waals surface area (Å²) in [6, 6.07) is 8.38. The highest BCUT2D eigenvalue weighted by Gasteiger charge is 2.04. The fourth-order valence-electron chi connectivity index (χ4n) is 2.52. The zero-order valence-electron chi connectivity index (χ0n) is 16.3. The van der Waals surface area contributed by atoms with Gasteiger partial charge in [0.15, 0.2) is 0 Å². The van der Waals surface area contributed by atoms with Crippen molar-refractivity contribution in [2.75, 3.05) is 0 Å². The minimum Gasteiger partial charge on any atom is -0.0955 e. The first kappa shape index (κ1) is 21.0. The average molecular weight is 353 g/mol. The lowest BCUT2D eigenvalue weighted by Gasteiger charge is -2.09. The van der Waals surface area contributed by atoms with Gasteiger partial charge in [-0.2, -0.15) is 0 Å². The van der Waals surface area contributed by atoms with Crippen LogP contribution in [0.2, 0.25) is 0 Å². The second kappa shape index (κ2) is 9.44. The molecule has 0 aromatic heterocycles. The molecule has 0 nitrogen and oxygen atoms in total. The quantitative estimate of drug-likeness (QED) is 0.456. The lowest BCUT2D eigenvalue weighted by molar-refractivity contribution is 1.29. The average Bonchev–Trinajstić information content (AvgIpc) is 2.52. The highest BCUT2D eigenvalue weighted by molar-refractivity contribution is 6.32. The molecule has 132 valence electrons. The van der Waals surface area contributed by atoms with E-state index in [1.54, 1.807) is 0 Å². The van der Waals surface area contributed by atoms with E-state index >= 15 is 0 Å². The van der Waals surface area contributed by atoms with Crippen molar-refractivity contribution >= 4 is 17.7 Å². The third kappa shape index (κ3) is 6.40. The van der Waals surface area contributed by atoms with E-state index < -0.39 is 0 Å². The highest BCUT2D eigenvalue weighted by atomic mass is 35.5. The third-order valence-electron chi connectivity index (χ3n) is 4.16. The summed E-state index contributed by atoms with van der Waals surface area (Å²) in [5.74, 6) is 0. The molecule has 0 saturated carbocycles. The predicted molar refractivity (Wildman–Crippen MR) is 115 cm³/mol. The zero-order chi connectivity index (χ0) is 19.1. The Bertz CT molecular complexity index is 779. The molecular formula is C24H29Cl. The monoisotopic (exact) mass is 352 g/mol. The van der Waals surface area contributed by atoms with Gasteiger partial charge in [-0.15, -0.1) is 0 Å². The number of rotatable bonds is 6. The largest absolute Gasteiger partial charge is 0.0955 e. The normalized spacial score (nSPS) is 13.2. The molecule has 0 fully saturated rings. The molecule has 25 heavy (non-hydrogen) atoms. The summed E-state index contributed by atoms with van der Waals surface area (Å²) >= 11 is 6.54. The summed E-state index contributed by atoms with van der Waals surface area (Å²) in [4.78, 5) is 0. The van der Waals surface area contributed by atoms with Crippen molar-refractivity contribution in [3.05, 3.63) is 99.2 Å². The summed E-state index contributed by atoms with van der Waals surface area (Å²) in [5, 5.41) is 0.721. The molecule has 0 aliphatic heterocycles. The summed E-state index contributed by atoms with van der Waals surface area (Å²) < 4.78 is 0. The molecule has 0 bridgehead atoms. The molecule has 1 aromatic rings. The maximum Gasteiger partial charge on any atom is 0.0443 e. The Morgan fingerprint density at radius 2 is 1.48 bits per heavy atom. The number of allylic oxidation sites excluding steroid dienone is 9. The van der Waals surface area contributed by atoms with Crippen molar-refractivity contribution in [2.45, 2.75) is 41.5 Å². The van der Waals surface area contributed by atoms with E-state index in [2.05, 4.69) is 70.3 Å². The van der Waals surface area contributed by atoms with Crippen molar-refractivity contribution in [3.63, 3.8) is 0 Å². The smallest absolute Gasteiger partial charge is 0.0443 e. The fraction of sp³-hybridized carbons (Fsp3) is 0.250. The van der Waals surface area contributed by atoms with Crippen molar-refractivity contribution in [3.8, 4) is 0 Å². The summed E-state index contributed by atoms with van der Waals surface area (Å²) in [6.45, 7) is 20.3. The molecule has 1 rings (SSSR count). The molecule has 1 aromatic carbocycles. The van der Waals surface area contributed by atoms with Crippen LogP contribution in [-0.4, -0.2) is 0 Å². The van der Waals surface area contributed by atoms with Crippen molar-refractivity contribution in [2.24, 2.45) is 0 Å². The molecule has 0 heterocycles. The standard InChI is InChI=1S/C24H29Cl/c1-16(2)23(17(3)4)15-24(25)21(8)20(7)13-18(5)14-22-12-10-9-11-19(22)6/h9-15H,1,3H2,2,4-8H3/b18-14-,20-13+,24-21-. The van der Waals surface area contributed by atoms with E-state index in [0.29, 0.717) is 0 Å². The van der Waals surface area contributed by atoms with Crippen molar-refractivity contribution in [1.29, 1.82) is 0 Å². The van der Waals surface area contributed by atoms with Crippen LogP contribution in [0.25, 0.3) is 6.08 Å². The lowest BCUT2D eigenvalue weighted by Crippen LogP contribution is -1.89. The van der Waals surface area contributed by atoms with Gasteiger partial charge in [-0.1, -0.05) is 77.9 Å². The first-order valence-electron chi connectivity index (χ1n) is 8.46. The van der Waals surface area contributed by atoms with E-state index in [9.17, 15) is 0 Å². The molecule has 0 aliphatic carbocycles. The van der Waals surface area contributed by atoms with Gasteiger partial charge in [0, 0.05) is 5.03 Å². The van der Waals surface area contributed by atoms with E-state index in [1.165, 1.54) is 16.7 Å². The molecule has 1 heteroatoms. The van der Waals surface area contributed by atoms with E-state index in [0.717, 1.165) is 32.9 Å². The Kier molecular flexibility index (Phi) is 7.93. The topological polar surface area (TPSA) is 0 Å². The summed E-state index contributed by atoms with van der Waals surface area (Å²) in [7, 11) is 0. The number of halogens is 1. The van der Waals surface area contributed by atoms with Crippen LogP contribution < -0.4 is 0 Å². The van der Waals surface area contributed by atoms with Crippen LogP contribution in [0.5, 0.6) is 0 Å². The third-order valence-corrected chi connectivity index (χ3v) is 4.55. The Morgan fingerprint density at radius 3 is 2.00 bits per heavy atom. The molecule has 0 amide bonds. The molecule has 0 saturated heterocycles. The van der Waals surface area contributed by atoms with Gasteiger partial charge in [0.25, 0.3) is 0 Å². The number of hydrogen-bond acceptors (Lipinski definition) is 0. The van der Waals surface area contributed by atoms with Gasteiger partial charge in [0.05, 0.1) is 0 Å². The first-order valence-corrected chi connectivity index (χ1v) is 8.83. The zero-order valence-corrected chi connectivity index (χ0v) is 17.1. The Balaban J connectivity index is 3.19. The summed E-state index contributed by atoms with van der Waals surface area (Å²) in [6.07, 6.45) is 6.32. The van der Waals surface area contributed by atoms with Gasteiger partial charge in [-0.3, -0.25) is 0 Å². The van der Waals surface area contributed by atoms with Gasteiger partial charge in [0.2, 0.25) is 0 Å². The Morgan fingerprint density at radius 1 is 0.920 bits per heavy atom. The van der Waals surface area contributed by atoms with Gasteiger partial charge in [-0.25, -0.2) is 0 Å². The second-order valence-electron chi connectivity index (χ2n) is 6.66. The molecule has 0 N–H and O–H groups in total. The molecule has 0 atom stereocenters. The van der Waals surface area contributed by atoms with Crippen LogP contribution in [0, 0.1) is 6.92 Å². The van der Waals surface area contributed by atoms with Gasteiger partial charge >= 0.3 is 0 Å². The van der Waals surface area contributed by atoms with Gasteiger partial charge in [-0.05, 0) is 75.5 Å². The molecule has 0 spiro atoms. The Labute approximate surface area is 158 Å². The van der Waals surface area contributed by atoms with Crippen LogP contribution >= 0.6 is 11.6 Å². The molecule has 0 radical (unpaired) electrons. The first-order chi connectivity index (χ1) is 11.6. The molecule has 0 unspecified atom stereocenters. The fourth-order valence-corrected chi connectivity index (χ4v) is 2.78. The van der Waals surface area contributed by atoms with E-state index in [1.807, 2.05) is 26.8 Å². The summed E-state index contributed by atoms with van der Waals surface area (Å²) in [5.41, 5.74) is 8.85. The van der Waals surface area contributed by atoms with Crippen molar-refractivity contribution in [1.82, 2.24) is 0 Å². The number of hydrogen-bond donors (Lipinski definition) is 0. The molecule has 0 aliphatic rings. The SMILES string of the molecule is C=C(C)C(=C/C(Cl)=C(C)/C(C)=C/C(C)=C\c1ccccc1C)C(=C)C. The van der Waals surface area contributed by atoms with E-state index in [4.69, 9.17) is 11.6 Å². The minimum atomic E-state index is 0.721. The highest BCUT2D eigenvalue weighted by Crippen LogP contribution is 2.25. The minimum absolute atomic E-state index is 0.721. The van der Waals surface area contributed by atoms with E-state index in [-0.39, 0.29) is 0 Å². The second-order valence-corrected chi connectivity index (χ2v) is 7.07.